The Labute approximate surface area is 98.3 Å². The molecule has 16 heavy (non-hydrogen) atoms. The van der Waals surface area contributed by atoms with Gasteiger partial charge in [0.15, 0.2) is 0 Å². The minimum Gasteiger partial charge on any atom is -0.479 e. The number of aliphatic carboxylic acids is 1. The van der Waals surface area contributed by atoms with E-state index in [0.717, 1.165) is 6.08 Å². The lowest BCUT2D eigenvalue weighted by molar-refractivity contribution is -0.131. The summed E-state index contributed by atoms with van der Waals surface area (Å²) < 4.78 is 5.16. The number of carbonyl (C=O) groups is 1. The van der Waals surface area contributed by atoms with Crippen LogP contribution in [-0.4, -0.2) is 17.7 Å². The second-order valence-electron chi connectivity index (χ2n) is 2.85. The molecule has 0 bridgehead atoms. The number of hydrogen-bond acceptors (Lipinski definition) is 2. The molecule has 0 spiro atoms. The van der Waals surface area contributed by atoms with Gasteiger partial charge in [-0.1, -0.05) is 23.6 Å². The molecular weight excluding hydrogens is 228 g/mol. The van der Waals surface area contributed by atoms with E-state index in [9.17, 15) is 4.79 Å². The molecule has 0 aliphatic carbocycles. The molecule has 0 aromatic heterocycles. The lowest BCUT2D eigenvalue weighted by atomic mass is 10.2. The van der Waals surface area contributed by atoms with Gasteiger partial charge in [-0.2, -0.15) is 0 Å². The van der Waals surface area contributed by atoms with Crippen molar-refractivity contribution in [1.82, 2.24) is 0 Å². The minimum atomic E-state index is -1.01. The van der Waals surface area contributed by atoms with E-state index < -0.39 is 5.97 Å². The normalized spacial score (nSPS) is 10.0. The van der Waals surface area contributed by atoms with Crippen LogP contribution in [-0.2, 0) is 4.79 Å². The topological polar surface area (TPSA) is 46.5 Å². The quantitative estimate of drug-likeness (QED) is 0.645. The summed E-state index contributed by atoms with van der Waals surface area (Å²) in [6.45, 7) is 0.143. The standard InChI is InChI=1S/C12H9ClO3/c1-2-7-16-11-5-3-9(8-10(11)13)4-6-12(14)15/h1,3-6,8H,7H2,(H,14,15)/b6-4+. The van der Waals surface area contributed by atoms with Crippen LogP contribution in [0.25, 0.3) is 6.08 Å². The SMILES string of the molecule is C#CCOc1ccc(/C=C/C(=O)O)cc1Cl. The Kier molecular flexibility index (Phi) is 4.43. The number of hydrogen-bond donors (Lipinski definition) is 1. The van der Waals surface area contributed by atoms with Gasteiger partial charge in [-0.3, -0.25) is 0 Å². The van der Waals surface area contributed by atoms with Crippen LogP contribution >= 0.6 is 11.6 Å². The summed E-state index contributed by atoms with van der Waals surface area (Å²) in [4.78, 5) is 10.3. The summed E-state index contributed by atoms with van der Waals surface area (Å²) in [6.07, 6.45) is 7.52. The van der Waals surface area contributed by atoms with Crippen LogP contribution in [0.3, 0.4) is 0 Å². The van der Waals surface area contributed by atoms with Gasteiger partial charge < -0.3 is 9.84 Å². The van der Waals surface area contributed by atoms with Crippen LogP contribution < -0.4 is 4.74 Å². The number of terminal acetylenes is 1. The van der Waals surface area contributed by atoms with Crippen LogP contribution in [0.15, 0.2) is 24.3 Å². The van der Waals surface area contributed by atoms with E-state index in [-0.39, 0.29) is 6.61 Å². The van der Waals surface area contributed by atoms with Gasteiger partial charge in [0.2, 0.25) is 0 Å². The maximum Gasteiger partial charge on any atom is 0.328 e. The first-order chi connectivity index (χ1) is 7.63. The number of halogens is 1. The second-order valence-corrected chi connectivity index (χ2v) is 3.26. The molecule has 3 nitrogen and oxygen atoms in total. The van der Waals surface area contributed by atoms with E-state index in [1.807, 2.05) is 0 Å². The van der Waals surface area contributed by atoms with E-state index in [2.05, 4.69) is 5.92 Å². The average molecular weight is 237 g/mol. The van der Waals surface area contributed by atoms with Crippen LogP contribution in [0.4, 0.5) is 0 Å². The lowest BCUT2D eigenvalue weighted by Crippen LogP contribution is -1.94. The highest BCUT2D eigenvalue weighted by molar-refractivity contribution is 6.32. The molecule has 0 saturated heterocycles. The third kappa shape index (κ3) is 3.68. The summed E-state index contributed by atoms with van der Waals surface area (Å²) >= 11 is 5.91. The molecule has 0 aliphatic heterocycles. The van der Waals surface area contributed by atoms with E-state index in [1.165, 1.54) is 6.08 Å². The Morgan fingerprint density at radius 3 is 2.94 bits per heavy atom. The summed E-state index contributed by atoms with van der Waals surface area (Å²) in [7, 11) is 0. The predicted molar refractivity (Wildman–Crippen MR) is 62.4 cm³/mol. The largest absolute Gasteiger partial charge is 0.479 e. The molecule has 0 aliphatic rings. The Morgan fingerprint density at radius 1 is 1.62 bits per heavy atom. The summed E-state index contributed by atoms with van der Waals surface area (Å²) in [5, 5.41) is 8.84. The Hall–Kier alpha value is -1.92. The van der Waals surface area contributed by atoms with Gasteiger partial charge in [0, 0.05) is 6.08 Å². The van der Waals surface area contributed by atoms with Crippen molar-refractivity contribution in [3.05, 3.63) is 34.9 Å². The molecule has 0 radical (unpaired) electrons. The van der Waals surface area contributed by atoms with Crippen molar-refractivity contribution in [2.75, 3.05) is 6.61 Å². The maximum absolute atomic E-state index is 10.3. The monoisotopic (exact) mass is 236 g/mol. The smallest absolute Gasteiger partial charge is 0.328 e. The Bertz CT molecular complexity index is 458. The average Bonchev–Trinajstić information content (AvgIpc) is 2.25. The molecule has 1 aromatic rings. The zero-order valence-electron chi connectivity index (χ0n) is 8.31. The van der Waals surface area contributed by atoms with E-state index in [1.54, 1.807) is 18.2 Å². The predicted octanol–water partition coefficient (Wildman–Crippen LogP) is 2.45. The molecule has 0 unspecified atom stereocenters. The summed E-state index contributed by atoms with van der Waals surface area (Å²) in [6, 6.07) is 4.94. The first kappa shape index (κ1) is 12.2. The molecule has 0 heterocycles. The third-order valence-corrected chi connectivity index (χ3v) is 1.98. The second kappa shape index (κ2) is 5.84. The molecule has 0 fully saturated rings. The fourth-order valence-corrected chi connectivity index (χ4v) is 1.27. The van der Waals surface area contributed by atoms with Gasteiger partial charge >= 0.3 is 5.97 Å². The number of carboxylic acids is 1. The van der Waals surface area contributed by atoms with Crippen LogP contribution in [0.1, 0.15) is 5.56 Å². The number of benzene rings is 1. The first-order valence-corrected chi connectivity index (χ1v) is 4.78. The Balaban J connectivity index is 2.83. The molecule has 0 amide bonds. The molecule has 1 rings (SSSR count). The van der Waals surface area contributed by atoms with E-state index in [4.69, 9.17) is 27.9 Å². The van der Waals surface area contributed by atoms with Crippen molar-refractivity contribution in [3.8, 4) is 18.1 Å². The van der Waals surface area contributed by atoms with Gasteiger partial charge in [0.1, 0.15) is 12.4 Å². The van der Waals surface area contributed by atoms with Crippen molar-refractivity contribution >= 4 is 23.6 Å². The van der Waals surface area contributed by atoms with Crippen LogP contribution in [0.5, 0.6) is 5.75 Å². The van der Waals surface area contributed by atoms with Gasteiger partial charge in [-0.25, -0.2) is 4.79 Å². The highest BCUT2D eigenvalue weighted by Crippen LogP contribution is 2.25. The van der Waals surface area contributed by atoms with Gasteiger partial charge in [-0.05, 0) is 23.8 Å². The van der Waals surface area contributed by atoms with Crippen molar-refractivity contribution in [2.45, 2.75) is 0 Å². The number of ether oxygens (including phenoxy) is 1. The number of carboxylic acid groups (broad SMARTS) is 1. The fraction of sp³-hybridized carbons (Fsp3) is 0.0833. The highest BCUT2D eigenvalue weighted by Gasteiger charge is 2.01. The van der Waals surface area contributed by atoms with Gasteiger partial charge in [0.05, 0.1) is 5.02 Å². The van der Waals surface area contributed by atoms with E-state index >= 15 is 0 Å². The third-order valence-electron chi connectivity index (χ3n) is 1.69. The first-order valence-electron chi connectivity index (χ1n) is 4.40. The van der Waals surface area contributed by atoms with Crippen molar-refractivity contribution in [3.63, 3.8) is 0 Å². The maximum atomic E-state index is 10.3. The fourth-order valence-electron chi connectivity index (χ4n) is 1.02. The zero-order valence-corrected chi connectivity index (χ0v) is 9.07. The van der Waals surface area contributed by atoms with Crippen LogP contribution in [0.2, 0.25) is 5.02 Å². The zero-order chi connectivity index (χ0) is 12.0. The minimum absolute atomic E-state index is 0.143. The molecular formula is C12H9ClO3. The molecule has 1 aromatic carbocycles. The molecule has 0 saturated carbocycles. The highest BCUT2D eigenvalue weighted by atomic mass is 35.5. The van der Waals surface area contributed by atoms with Crippen molar-refractivity contribution in [2.24, 2.45) is 0 Å². The lowest BCUT2D eigenvalue weighted by Gasteiger charge is -2.05. The molecule has 0 atom stereocenters. The van der Waals surface area contributed by atoms with E-state index in [0.29, 0.717) is 16.3 Å². The Morgan fingerprint density at radius 2 is 2.38 bits per heavy atom. The number of rotatable bonds is 4. The molecule has 4 heteroatoms. The van der Waals surface area contributed by atoms with Crippen molar-refractivity contribution < 1.29 is 14.6 Å². The summed E-state index contributed by atoms with van der Waals surface area (Å²) in [5.74, 6) is 1.79. The van der Waals surface area contributed by atoms with Gasteiger partial charge in [0.25, 0.3) is 0 Å². The van der Waals surface area contributed by atoms with Gasteiger partial charge in [-0.15, -0.1) is 6.42 Å². The van der Waals surface area contributed by atoms with Crippen molar-refractivity contribution in [1.29, 1.82) is 0 Å². The summed E-state index contributed by atoms with van der Waals surface area (Å²) in [5.41, 5.74) is 0.681. The molecule has 82 valence electrons. The molecule has 1 N–H and O–H groups in total. The van der Waals surface area contributed by atoms with Crippen LogP contribution in [0, 0.1) is 12.3 Å².